The number of aromatic nitrogens is 2. The van der Waals surface area contributed by atoms with Crippen LogP contribution in [0.15, 0.2) is 65.3 Å². The van der Waals surface area contributed by atoms with E-state index >= 15 is 0 Å². The minimum atomic E-state index is -3.65. The molecule has 0 unspecified atom stereocenters. The van der Waals surface area contributed by atoms with Crippen molar-refractivity contribution in [2.45, 2.75) is 51.1 Å². The Labute approximate surface area is 230 Å². The molecule has 2 fully saturated rings. The average Bonchev–Trinajstić information content (AvgIpc) is 3.66. The zero-order valence-electron chi connectivity index (χ0n) is 21.0. The lowest BCUT2D eigenvalue weighted by Gasteiger charge is -2.30. The number of hydrogen-bond acceptors (Lipinski definition) is 5. The Kier molecular flexibility index (Phi) is 6.57. The van der Waals surface area contributed by atoms with Gasteiger partial charge in [0.05, 0.1) is 21.4 Å². The van der Waals surface area contributed by atoms with Gasteiger partial charge in [-0.1, -0.05) is 12.1 Å². The average molecular weight is 597 g/mol. The van der Waals surface area contributed by atoms with E-state index in [0.29, 0.717) is 35.0 Å². The van der Waals surface area contributed by atoms with Crippen molar-refractivity contribution in [1.82, 2.24) is 14.3 Å². The summed E-state index contributed by atoms with van der Waals surface area (Å²) in [5.41, 5.74) is 10.8. The third-order valence-corrected chi connectivity index (χ3v) is 9.26. The second kappa shape index (κ2) is 9.91. The van der Waals surface area contributed by atoms with Gasteiger partial charge in [0, 0.05) is 41.0 Å². The van der Waals surface area contributed by atoms with Gasteiger partial charge in [0.15, 0.2) is 0 Å². The zero-order chi connectivity index (χ0) is 26.4. The number of halogens is 1. The van der Waals surface area contributed by atoms with Gasteiger partial charge >= 0.3 is 0 Å². The van der Waals surface area contributed by atoms with Crippen LogP contribution >= 0.6 is 15.9 Å². The highest BCUT2D eigenvalue weighted by Crippen LogP contribution is 2.45. The fourth-order valence-corrected chi connectivity index (χ4v) is 6.60. The molecule has 2 heterocycles. The second-order valence-electron chi connectivity index (χ2n) is 10.2. The van der Waals surface area contributed by atoms with Crippen LogP contribution in [0.1, 0.15) is 45.1 Å². The summed E-state index contributed by atoms with van der Waals surface area (Å²) in [5.74, 6) is 1.61. The maximum atomic E-state index is 12.6. The summed E-state index contributed by atoms with van der Waals surface area (Å²) in [5, 5.41) is 0.961. The lowest BCUT2D eigenvalue weighted by molar-refractivity contribution is 0.324. The van der Waals surface area contributed by atoms with Gasteiger partial charge < -0.3 is 15.0 Å². The van der Waals surface area contributed by atoms with Crippen LogP contribution in [0.4, 0.5) is 11.4 Å². The fraction of sp³-hybridized carbons (Fsp3) is 0.321. The van der Waals surface area contributed by atoms with E-state index in [-0.39, 0.29) is 6.04 Å². The minimum absolute atomic E-state index is 0.0718. The zero-order valence-corrected chi connectivity index (χ0v) is 23.4. The summed E-state index contributed by atoms with van der Waals surface area (Å²) in [4.78, 5) is 4.32. The molecule has 4 N–H and O–H groups in total. The van der Waals surface area contributed by atoms with Crippen LogP contribution in [0, 0.1) is 5.92 Å². The Balaban J connectivity index is 1.32. The van der Waals surface area contributed by atoms with Crippen LogP contribution in [-0.2, 0) is 10.2 Å². The van der Waals surface area contributed by atoms with Gasteiger partial charge in [0.2, 0.25) is 5.88 Å². The SMILES string of the molecule is C[C@H](NS(=O)(=O)Nc1ccc(-c2c(N)c3ccc(Oc4ncccc4Br)cc3n2C2CCC2)cc1)C1CC1. The van der Waals surface area contributed by atoms with Crippen molar-refractivity contribution in [3.05, 3.63) is 65.3 Å². The van der Waals surface area contributed by atoms with Gasteiger partial charge in [-0.3, -0.25) is 4.72 Å². The number of ether oxygens (including phenoxy) is 1. The second-order valence-corrected chi connectivity index (χ2v) is 12.5. The van der Waals surface area contributed by atoms with Crippen molar-refractivity contribution in [3.63, 3.8) is 0 Å². The van der Waals surface area contributed by atoms with Gasteiger partial charge in [0.25, 0.3) is 10.2 Å². The molecule has 2 saturated carbocycles. The standard InChI is InChI=1S/C28H30BrN5O3S/c1-17(18-7-8-18)32-38(35,36)33-20-11-9-19(10-12-20)27-26(30)23-14-13-22(37-28-24(29)6-3-15-31-28)16-25(23)34(27)21-4-2-5-21/h3,6,9-18,21,32-33H,2,4-5,7-8,30H2,1H3/t17-/m0/s1. The highest BCUT2D eigenvalue weighted by atomic mass is 79.9. The molecule has 0 bridgehead atoms. The van der Waals surface area contributed by atoms with E-state index in [2.05, 4.69) is 34.9 Å². The number of hydrogen-bond donors (Lipinski definition) is 3. The van der Waals surface area contributed by atoms with Crippen LogP contribution < -0.4 is 19.9 Å². The number of nitrogens with two attached hydrogens (primary N) is 1. The van der Waals surface area contributed by atoms with Gasteiger partial charge in [-0.05, 0) is 97.3 Å². The van der Waals surface area contributed by atoms with E-state index in [1.54, 1.807) is 18.3 Å². The molecule has 4 aromatic rings. The number of nitrogens with one attached hydrogen (secondary N) is 2. The van der Waals surface area contributed by atoms with Gasteiger partial charge in [-0.2, -0.15) is 13.1 Å². The lowest BCUT2D eigenvalue weighted by atomic mass is 9.92. The maximum Gasteiger partial charge on any atom is 0.299 e. The molecule has 8 nitrogen and oxygen atoms in total. The number of anilines is 2. The molecular formula is C28H30BrN5O3S. The molecule has 6 rings (SSSR count). The molecule has 38 heavy (non-hydrogen) atoms. The normalized spacial score (nSPS) is 16.8. The Morgan fingerprint density at radius 1 is 1.11 bits per heavy atom. The number of nitrogens with zero attached hydrogens (tertiary/aromatic N) is 2. The first-order valence-corrected chi connectivity index (χ1v) is 15.2. The predicted octanol–water partition coefficient (Wildman–Crippen LogP) is 6.61. The maximum absolute atomic E-state index is 12.6. The predicted molar refractivity (Wildman–Crippen MR) is 155 cm³/mol. The first-order valence-electron chi connectivity index (χ1n) is 12.9. The number of fused-ring (bicyclic) bond motifs is 1. The van der Waals surface area contributed by atoms with Gasteiger partial charge in [-0.15, -0.1) is 0 Å². The van der Waals surface area contributed by atoms with Crippen LogP contribution in [0.5, 0.6) is 11.6 Å². The molecular weight excluding hydrogens is 566 g/mol. The molecule has 0 spiro atoms. The summed E-state index contributed by atoms with van der Waals surface area (Å²) >= 11 is 3.49. The summed E-state index contributed by atoms with van der Waals surface area (Å²) in [6, 6.07) is 17.3. The molecule has 0 radical (unpaired) electrons. The Morgan fingerprint density at radius 2 is 1.87 bits per heavy atom. The molecule has 10 heteroatoms. The van der Waals surface area contributed by atoms with Gasteiger partial charge in [0.1, 0.15) is 5.75 Å². The Hall–Kier alpha value is -3.08. The monoisotopic (exact) mass is 595 g/mol. The van der Waals surface area contributed by atoms with Crippen molar-refractivity contribution < 1.29 is 13.2 Å². The fourth-order valence-electron chi connectivity index (χ4n) is 5.07. The quantitative estimate of drug-likeness (QED) is 0.201. The highest BCUT2D eigenvalue weighted by Gasteiger charge is 2.31. The molecule has 0 saturated heterocycles. The molecule has 198 valence electrons. The Bertz CT molecular complexity index is 1600. The Morgan fingerprint density at radius 3 is 2.53 bits per heavy atom. The van der Waals surface area contributed by atoms with E-state index < -0.39 is 10.2 Å². The highest BCUT2D eigenvalue weighted by molar-refractivity contribution is 9.10. The van der Waals surface area contributed by atoms with E-state index in [0.717, 1.165) is 52.3 Å². The van der Waals surface area contributed by atoms with Crippen LogP contribution in [0.3, 0.4) is 0 Å². The first-order chi connectivity index (χ1) is 18.3. The minimum Gasteiger partial charge on any atom is -0.438 e. The van der Waals surface area contributed by atoms with Crippen LogP contribution in [0.25, 0.3) is 22.2 Å². The summed E-state index contributed by atoms with van der Waals surface area (Å²) in [6.07, 6.45) is 7.17. The van der Waals surface area contributed by atoms with Crippen molar-refractivity contribution in [1.29, 1.82) is 0 Å². The smallest absolute Gasteiger partial charge is 0.299 e. The van der Waals surface area contributed by atoms with E-state index in [1.807, 2.05) is 49.4 Å². The summed E-state index contributed by atoms with van der Waals surface area (Å²) in [7, 11) is -3.65. The molecule has 2 aliphatic rings. The third-order valence-electron chi connectivity index (χ3n) is 7.47. The van der Waals surface area contributed by atoms with Crippen molar-refractivity contribution in [2.75, 3.05) is 10.5 Å². The number of nitrogen functional groups attached to an aromatic ring is 1. The van der Waals surface area contributed by atoms with Crippen molar-refractivity contribution in [2.24, 2.45) is 5.92 Å². The molecule has 0 aliphatic heterocycles. The topological polar surface area (TPSA) is 111 Å². The number of rotatable bonds is 9. The third kappa shape index (κ3) is 5.00. The van der Waals surface area contributed by atoms with Crippen LogP contribution in [-0.4, -0.2) is 24.0 Å². The number of pyridine rings is 1. The molecule has 2 aromatic carbocycles. The first kappa shape index (κ1) is 25.2. The van der Waals surface area contributed by atoms with Crippen molar-refractivity contribution >= 4 is 48.4 Å². The van der Waals surface area contributed by atoms with Crippen molar-refractivity contribution in [3.8, 4) is 22.9 Å². The van der Waals surface area contributed by atoms with E-state index in [9.17, 15) is 8.42 Å². The molecule has 0 amide bonds. The van der Waals surface area contributed by atoms with E-state index in [4.69, 9.17) is 10.5 Å². The lowest BCUT2D eigenvalue weighted by Crippen LogP contribution is -2.38. The molecule has 2 aliphatic carbocycles. The summed E-state index contributed by atoms with van der Waals surface area (Å²) in [6.45, 7) is 1.91. The summed E-state index contributed by atoms with van der Waals surface area (Å²) < 4.78 is 39.7. The van der Waals surface area contributed by atoms with E-state index in [1.165, 1.54) is 6.42 Å². The van der Waals surface area contributed by atoms with Crippen LogP contribution in [0.2, 0.25) is 0 Å². The number of benzene rings is 2. The largest absolute Gasteiger partial charge is 0.438 e. The van der Waals surface area contributed by atoms with Gasteiger partial charge in [-0.25, -0.2) is 4.98 Å². The molecule has 2 aromatic heterocycles. The molecule has 1 atom stereocenters.